The standard InChI is InChI=1S/2C43H34Cl2Si.2ClH.Hf/c2*1-26-20-38-32(30-22-28-12-4-6-16-34(28)40(44)24-30)14-8-10-18-36(38)42(26)46(3)43-27(2)21-39-33(15-9-11-19-37(39)43)31-23-29-13-5-7-17-35(29)41(45)25-31;;;/h2*4-25,32-33,46H,1-3H3;2*1H;/q;;;;+2/p-2. The molecule has 8 unspecified atom stereocenters. The van der Waals surface area contributed by atoms with Gasteiger partial charge in [-0.15, -0.1) is 0 Å². The summed E-state index contributed by atoms with van der Waals surface area (Å²) in [5.41, 5.74) is 20.0. The van der Waals surface area contributed by atoms with Gasteiger partial charge in [0.15, 0.2) is 0 Å². The van der Waals surface area contributed by atoms with Crippen LogP contribution < -0.4 is 0 Å². The summed E-state index contributed by atoms with van der Waals surface area (Å²) in [6.45, 7) is 15.3. The summed E-state index contributed by atoms with van der Waals surface area (Å²) in [6.07, 6.45) is 48.4. The van der Waals surface area contributed by atoms with E-state index in [1.54, 1.807) is 0 Å². The number of fused-ring (bicyclic) bond motifs is 12. The third kappa shape index (κ3) is 6.71. The normalized spacial score (nSPS) is 31.3. The van der Waals surface area contributed by atoms with Crippen molar-refractivity contribution in [3.8, 4) is 0 Å². The molecule has 0 bridgehead atoms. The quantitative estimate of drug-likeness (QED) is 0.154. The number of benzene rings is 8. The van der Waals surface area contributed by atoms with Crippen molar-refractivity contribution in [2.24, 2.45) is 0 Å². The molecule has 0 amide bonds. The van der Waals surface area contributed by atoms with Crippen molar-refractivity contribution in [2.75, 3.05) is 0 Å². The molecule has 2 saturated heterocycles. The van der Waals surface area contributed by atoms with E-state index in [-0.39, 0.29) is 23.7 Å². The van der Waals surface area contributed by atoms with E-state index < -0.39 is 43.4 Å². The van der Waals surface area contributed by atoms with Crippen molar-refractivity contribution in [3.05, 3.63) is 376 Å². The predicted octanol–water partition coefficient (Wildman–Crippen LogP) is 25.9. The Morgan fingerprint density at radius 2 is 0.537 bits per heavy atom. The molecule has 0 saturated carbocycles. The number of halogens is 6. The third-order valence-electron chi connectivity index (χ3n) is 25.9. The molecule has 0 aromatic heterocycles. The number of hydrogen-bond donors (Lipinski definition) is 0. The fourth-order valence-corrected chi connectivity index (χ4v) is 197. The van der Waals surface area contributed by atoms with Gasteiger partial charge in [0.05, 0.1) is 0 Å². The summed E-state index contributed by atoms with van der Waals surface area (Å²) in [7, 11) is 17.7. The van der Waals surface area contributed by atoms with Crippen molar-refractivity contribution in [3.63, 3.8) is 0 Å². The Balaban J connectivity index is 1.02. The average Bonchev–Trinajstić information content (AvgIpc) is 1.52. The van der Waals surface area contributed by atoms with Gasteiger partial charge in [0.25, 0.3) is 0 Å². The first kappa shape index (κ1) is 61.0. The van der Waals surface area contributed by atoms with Gasteiger partial charge in [-0.3, -0.25) is 0 Å². The molecule has 8 aromatic rings. The van der Waals surface area contributed by atoms with Crippen LogP contribution in [0.3, 0.4) is 0 Å². The molecular weight excluding hydrogens is 1480 g/mol. The van der Waals surface area contributed by atoms with Crippen LogP contribution in [-0.4, -0.2) is 17.6 Å². The molecule has 8 atom stereocenters. The second-order valence-electron chi connectivity index (χ2n) is 28.8. The van der Waals surface area contributed by atoms with Gasteiger partial charge in [-0.2, -0.15) is 0 Å². The van der Waals surface area contributed by atoms with Crippen LogP contribution in [0.2, 0.25) is 44.4 Å². The molecule has 5 spiro atoms. The van der Waals surface area contributed by atoms with Crippen molar-refractivity contribution >= 4 is 124 Å². The molecule has 0 nitrogen and oxygen atoms in total. The van der Waals surface area contributed by atoms with Gasteiger partial charge in [-0.1, -0.05) is 0 Å². The molecule has 8 aromatic carbocycles. The van der Waals surface area contributed by atoms with Crippen molar-refractivity contribution in [1.29, 1.82) is 0 Å². The first-order valence-electron chi connectivity index (χ1n) is 33.5. The van der Waals surface area contributed by atoms with E-state index in [2.05, 4.69) is 308 Å². The fraction of sp³-hybridized carbons (Fsp3) is 0.163. The van der Waals surface area contributed by atoms with E-state index in [0.717, 1.165) is 85.4 Å². The van der Waals surface area contributed by atoms with Crippen molar-refractivity contribution in [1.82, 2.24) is 0 Å². The van der Waals surface area contributed by atoms with Crippen LogP contribution in [0.1, 0.15) is 73.6 Å². The van der Waals surface area contributed by atoms with E-state index in [1.165, 1.54) is 66.9 Å². The van der Waals surface area contributed by atoms with E-state index >= 15 is 0 Å². The van der Waals surface area contributed by atoms with Gasteiger partial charge in [-0.25, -0.2) is 0 Å². The van der Waals surface area contributed by atoms with Gasteiger partial charge in [-0.05, 0) is 0 Å². The summed E-state index contributed by atoms with van der Waals surface area (Å²) < 4.78 is -3.27. The van der Waals surface area contributed by atoms with E-state index in [9.17, 15) is 17.2 Å². The molecule has 0 radical (unpaired) electrons. The summed E-state index contributed by atoms with van der Waals surface area (Å²) in [4.78, 5) is 0. The molecule has 466 valence electrons. The molecule has 2 aliphatic heterocycles. The molecular formula is C86H68Cl6HfSi2. The van der Waals surface area contributed by atoms with E-state index in [1.807, 2.05) is 0 Å². The summed E-state index contributed by atoms with van der Waals surface area (Å²) in [6, 6.07) is 52.4. The molecule has 8 aliphatic carbocycles. The maximum absolute atomic E-state index is 11.5. The van der Waals surface area contributed by atoms with Gasteiger partial charge in [0.1, 0.15) is 0 Å². The summed E-state index contributed by atoms with van der Waals surface area (Å²) in [5, 5.41) is 11.6. The van der Waals surface area contributed by atoms with Crippen LogP contribution in [0, 0.1) is 0 Å². The topological polar surface area (TPSA) is 0 Å². The first-order chi connectivity index (χ1) is 45.9. The van der Waals surface area contributed by atoms with Gasteiger partial charge in [0, 0.05) is 0 Å². The summed E-state index contributed by atoms with van der Waals surface area (Å²) in [5.74, 6) is -0.678. The summed E-state index contributed by atoms with van der Waals surface area (Å²) >= 11 is 21.9. The van der Waals surface area contributed by atoms with Crippen molar-refractivity contribution in [2.45, 2.75) is 75.6 Å². The molecule has 95 heavy (non-hydrogen) atoms. The predicted molar refractivity (Wildman–Crippen MR) is 412 cm³/mol. The Morgan fingerprint density at radius 3 is 0.768 bits per heavy atom. The molecule has 10 aliphatic rings. The van der Waals surface area contributed by atoms with Crippen LogP contribution in [0.4, 0.5) is 0 Å². The first-order valence-corrected chi connectivity index (χ1v) is 55.7. The minimum atomic E-state index is -8.00. The second kappa shape index (κ2) is 20.6. The maximum atomic E-state index is 11.5. The van der Waals surface area contributed by atoms with E-state index in [4.69, 9.17) is 46.4 Å². The zero-order valence-corrected chi connectivity index (χ0v) is 64.1. The Morgan fingerprint density at radius 1 is 0.316 bits per heavy atom. The van der Waals surface area contributed by atoms with Crippen LogP contribution in [-0.2, 0) is 14.7 Å². The van der Waals surface area contributed by atoms with Gasteiger partial charge < -0.3 is 0 Å². The van der Waals surface area contributed by atoms with Crippen LogP contribution in [0.15, 0.2) is 334 Å². The second-order valence-corrected chi connectivity index (χ2v) is 84.8. The van der Waals surface area contributed by atoms with Crippen LogP contribution >= 0.6 is 63.6 Å². The minimum absolute atomic E-state index is 0.170. The monoisotopic (exact) mass is 1550 g/mol. The molecule has 9 heteroatoms. The van der Waals surface area contributed by atoms with Gasteiger partial charge >= 0.3 is 591 Å². The Bertz CT molecular complexity index is 4850. The zero-order chi connectivity index (χ0) is 65.2. The Hall–Kier alpha value is -6.32. The number of allylic oxidation sites excluding steroid dienone is 32. The Labute approximate surface area is 585 Å². The van der Waals surface area contributed by atoms with Gasteiger partial charge in [0.2, 0.25) is 0 Å². The SMILES string of the molecule is CC1=CC2=C(C=CC=CC2c2cc(Cl)c3ccccc3c2)[C]12[SiH](C)[C]1(C(C)=CC3=C1C=CC=CC3c1cc(Cl)c3ccccc3c1)[Hf]21([Cl])([Cl])[C]2(C(C)=CC3=C2C=CC=CC3c2cc(Cl)c3ccccc3c2)[SiH](C)[C]12C(C)=CC1=C2C=CC=CC1c1cc(Cl)c2ccccc2c1. The van der Waals surface area contributed by atoms with Crippen molar-refractivity contribution < 1.29 is 14.7 Å². The fourth-order valence-electron chi connectivity index (χ4n) is 23.8. The molecule has 0 N–H and O–H groups in total. The third-order valence-corrected chi connectivity index (χ3v) is 144. The van der Waals surface area contributed by atoms with Crippen LogP contribution in [0.25, 0.3) is 43.1 Å². The number of rotatable bonds is 4. The molecule has 2 fully saturated rings. The van der Waals surface area contributed by atoms with E-state index in [0.29, 0.717) is 0 Å². The Kier molecular flexibility index (Phi) is 13.3. The van der Waals surface area contributed by atoms with Crippen LogP contribution in [0.5, 0.6) is 0 Å². The molecule has 18 rings (SSSR count). The number of hydrogen-bond acceptors (Lipinski definition) is 0. The average molecular weight is 1550 g/mol. The molecule has 2 heterocycles. The zero-order valence-electron chi connectivity index (χ0n) is 53.6.